The molecule has 3 rings (SSSR count). The maximum Gasteiger partial charge on any atom is 0.137 e. The van der Waals surface area contributed by atoms with Crippen LogP contribution in [-0.4, -0.2) is 18.5 Å². The summed E-state index contributed by atoms with van der Waals surface area (Å²) in [5.74, 6) is 1.36. The van der Waals surface area contributed by atoms with Crippen LogP contribution in [0.5, 0.6) is 0 Å². The van der Waals surface area contributed by atoms with E-state index in [-0.39, 0.29) is 10.8 Å². The number of ether oxygens (including phenoxy) is 1. The average Bonchev–Trinajstić information content (AvgIpc) is 2.14. The summed E-state index contributed by atoms with van der Waals surface area (Å²) < 4.78 is 5.94. The van der Waals surface area contributed by atoms with Crippen molar-refractivity contribution in [3.63, 3.8) is 0 Å². The zero-order valence-corrected chi connectivity index (χ0v) is 10.6. The standard InChI is InChI=1S/C14H22O2/c1-13(2)7-10(15)11-9-5-4-6-16-12(9)14(11,3)8-13/h9,11-12H,4-8H2,1-3H3. The van der Waals surface area contributed by atoms with E-state index in [0.717, 1.165) is 25.9 Å². The number of ketones is 1. The second kappa shape index (κ2) is 3.10. The van der Waals surface area contributed by atoms with Gasteiger partial charge in [0, 0.05) is 24.4 Å². The number of hydrogen-bond donors (Lipinski definition) is 0. The number of fused-ring (bicyclic) bond motifs is 4. The Morgan fingerprint density at radius 2 is 2.06 bits per heavy atom. The van der Waals surface area contributed by atoms with Gasteiger partial charge in [-0.25, -0.2) is 0 Å². The normalized spacial score (nSPS) is 50.2. The molecule has 0 bridgehead atoms. The van der Waals surface area contributed by atoms with E-state index in [2.05, 4.69) is 20.8 Å². The van der Waals surface area contributed by atoms with Crippen molar-refractivity contribution in [2.75, 3.05) is 6.61 Å². The highest BCUT2D eigenvalue weighted by atomic mass is 16.5. The van der Waals surface area contributed by atoms with Gasteiger partial charge in [0.05, 0.1) is 6.10 Å². The van der Waals surface area contributed by atoms with Gasteiger partial charge >= 0.3 is 0 Å². The van der Waals surface area contributed by atoms with Crippen molar-refractivity contribution in [3.8, 4) is 0 Å². The second-order valence-electron chi connectivity index (χ2n) is 7.07. The van der Waals surface area contributed by atoms with Gasteiger partial charge in [-0.05, 0) is 30.6 Å². The van der Waals surface area contributed by atoms with Crippen molar-refractivity contribution in [1.29, 1.82) is 0 Å². The van der Waals surface area contributed by atoms with Gasteiger partial charge in [0.25, 0.3) is 0 Å². The Hall–Kier alpha value is -0.370. The van der Waals surface area contributed by atoms with E-state index >= 15 is 0 Å². The summed E-state index contributed by atoms with van der Waals surface area (Å²) in [6.45, 7) is 7.63. The Kier molecular flexibility index (Phi) is 2.08. The molecule has 0 radical (unpaired) electrons. The van der Waals surface area contributed by atoms with Crippen LogP contribution in [0.15, 0.2) is 0 Å². The van der Waals surface area contributed by atoms with E-state index in [0.29, 0.717) is 23.7 Å². The maximum atomic E-state index is 12.3. The Morgan fingerprint density at radius 1 is 1.31 bits per heavy atom. The fourth-order valence-electron chi connectivity index (χ4n) is 4.86. The molecule has 4 atom stereocenters. The number of carbonyl (C=O) groups excluding carboxylic acids is 1. The third-order valence-corrected chi connectivity index (χ3v) is 5.02. The first-order valence-corrected chi connectivity index (χ1v) is 6.58. The first-order chi connectivity index (χ1) is 7.44. The van der Waals surface area contributed by atoms with Gasteiger partial charge in [-0.15, -0.1) is 0 Å². The molecule has 1 aliphatic heterocycles. The minimum atomic E-state index is 0.143. The lowest BCUT2D eigenvalue weighted by atomic mass is 9.42. The zero-order chi connectivity index (χ0) is 11.6. The van der Waals surface area contributed by atoms with Gasteiger partial charge in [0.15, 0.2) is 0 Å². The van der Waals surface area contributed by atoms with Crippen LogP contribution in [0.3, 0.4) is 0 Å². The number of Topliss-reactive ketones (excluding diaryl/α,β-unsaturated/α-hetero) is 1. The lowest BCUT2D eigenvalue weighted by Gasteiger charge is -2.65. The molecule has 3 fully saturated rings. The molecule has 0 amide bonds. The third kappa shape index (κ3) is 1.25. The predicted molar refractivity (Wildman–Crippen MR) is 62.1 cm³/mol. The third-order valence-electron chi connectivity index (χ3n) is 5.02. The molecule has 90 valence electrons. The number of carbonyl (C=O) groups is 1. The smallest absolute Gasteiger partial charge is 0.137 e. The SMILES string of the molecule is CC1(C)CC(=O)C2C3CCCOC3C2(C)C1. The summed E-state index contributed by atoms with van der Waals surface area (Å²) >= 11 is 0. The lowest BCUT2D eigenvalue weighted by Crippen LogP contribution is -2.67. The summed E-state index contributed by atoms with van der Waals surface area (Å²) in [6.07, 6.45) is 4.64. The lowest BCUT2D eigenvalue weighted by molar-refractivity contribution is -0.240. The van der Waals surface area contributed by atoms with Crippen LogP contribution in [0.2, 0.25) is 0 Å². The quantitative estimate of drug-likeness (QED) is 0.630. The minimum Gasteiger partial charge on any atom is -0.377 e. The second-order valence-corrected chi connectivity index (χ2v) is 7.07. The molecule has 3 aliphatic rings. The topological polar surface area (TPSA) is 26.3 Å². The van der Waals surface area contributed by atoms with E-state index in [9.17, 15) is 4.79 Å². The van der Waals surface area contributed by atoms with Crippen LogP contribution in [0, 0.1) is 22.7 Å². The van der Waals surface area contributed by atoms with Gasteiger partial charge in [-0.1, -0.05) is 20.8 Å². The largest absolute Gasteiger partial charge is 0.377 e. The van der Waals surface area contributed by atoms with Crippen molar-refractivity contribution in [3.05, 3.63) is 0 Å². The summed E-state index contributed by atoms with van der Waals surface area (Å²) in [5, 5.41) is 0. The molecule has 0 aromatic heterocycles. The van der Waals surface area contributed by atoms with E-state index in [1.165, 1.54) is 6.42 Å². The van der Waals surface area contributed by atoms with Crippen LogP contribution in [-0.2, 0) is 9.53 Å². The maximum absolute atomic E-state index is 12.3. The zero-order valence-electron chi connectivity index (χ0n) is 10.6. The van der Waals surface area contributed by atoms with E-state index in [1.807, 2.05) is 0 Å². The monoisotopic (exact) mass is 222 g/mol. The van der Waals surface area contributed by atoms with E-state index < -0.39 is 0 Å². The molecule has 2 nitrogen and oxygen atoms in total. The van der Waals surface area contributed by atoms with E-state index in [1.54, 1.807) is 0 Å². The highest BCUT2D eigenvalue weighted by molar-refractivity contribution is 5.85. The summed E-state index contributed by atoms with van der Waals surface area (Å²) in [5.41, 5.74) is 0.317. The molecular formula is C14H22O2. The molecule has 2 aliphatic carbocycles. The molecule has 1 saturated heterocycles. The first kappa shape index (κ1) is 10.8. The van der Waals surface area contributed by atoms with Gasteiger partial charge < -0.3 is 4.74 Å². The first-order valence-electron chi connectivity index (χ1n) is 6.58. The van der Waals surface area contributed by atoms with Crippen LogP contribution >= 0.6 is 0 Å². The fourth-order valence-corrected chi connectivity index (χ4v) is 4.86. The summed E-state index contributed by atoms with van der Waals surface area (Å²) in [7, 11) is 0. The van der Waals surface area contributed by atoms with Crippen LogP contribution in [0.25, 0.3) is 0 Å². The van der Waals surface area contributed by atoms with Crippen molar-refractivity contribution in [1.82, 2.24) is 0 Å². The van der Waals surface area contributed by atoms with Crippen LogP contribution in [0.4, 0.5) is 0 Å². The highest BCUT2D eigenvalue weighted by Gasteiger charge is 2.66. The fraction of sp³-hybridized carbons (Fsp3) is 0.929. The Bertz CT molecular complexity index is 334. The van der Waals surface area contributed by atoms with Gasteiger partial charge in [-0.2, -0.15) is 0 Å². The van der Waals surface area contributed by atoms with Crippen molar-refractivity contribution in [2.24, 2.45) is 22.7 Å². The molecule has 16 heavy (non-hydrogen) atoms. The van der Waals surface area contributed by atoms with Crippen LogP contribution < -0.4 is 0 Å². The van der Waals surface area contributed by atoms with Crippen molar-refractivity contribution in [2.45, 2.75) is 52.6 Å². The van der Waals surface area contributed by atoms with Crippen molar-refractivity contribution < 1.29 is 9.53 Å². The Labute approximate surface area is 97.7 Å². The molecule has 2 heteroatoms. The molecular weight excluding hydrogens is 200 g/mol. The number of rotatable bonds is 0. The molecule has 2 saturated carbocycles. The summed E-state index contributed by atoms with van der Waals surface area (Å²) in [4.78, 5) is 12.3. The molecule has 0 aromatic carbocycles. The number of hydrogen-bond acceptors (Lipinski definition) is 2. The predicted octanol–water partition coefficient (Wildman–Crippen LogP) is 2.81. The molecule has 0 aromatic rings. The minimum absolute atomic E-state index is 0.143. The highest BCUT2D eigenvalue weighted by Crippen LogP contribution is 2.64. The molecule has 4 unspecified atom stereocenters. The average molecular weight is 222 g/mol. The van der Waals surface area contributed by atoms with Gasteiger partial charge in [0.2, 0.25) is 0 Å². The molecule has 1 heterocycles. The Balaban J connectivity index is 1.91. The Morgan fingerprint density at radius 3 is 2.81 bits per heavy atom. The van der Waals surface area contributed by atoms with Crippen LogP contribution in [0.1, 0.15) is 46.5 Å². The molecule has 0 spiro atoms. The summed E-state index contributed by atoms with van der Waals surface area (Å²) in [6, 6.07) is 0. The van der Waals surface area contributed by atoms with Crippen molar-refractivity contribution >= 4 is 5.78 Å². The molecule has 0 N–H and O–H groups in total. The van der Waals surface area contributed by atoms with Gasteiger partial charge in [-0.3, -0.25) is 4.79 Å². The van der Waals surface area contributed by atoms with Gasteiger partial charge in [0.1, 0.15) is 5.78 Å². The van der Waals surface area contributed by atoms with E-state index in [4.69, 9.17) is 4.74 Å².